The molecule has 0 spiro atoms. The van der Waals surface area contributed by atoms with E-state index in [4.69, 9.17) is 4.74 Å². The molecule has 1 saturated heterocycles. The highest BCUT2D eigenvalue weighted by Crippen LogP contribution is 1.98. The van der Waals surface area contributed by atoms with Crippen LogP contribution in [0.2, 0.25) is 0 Å². The summed E-state index contributed by atoms with van der Waals surface area (Å²) >= 11 is 1.87. The number of guanidine groups is 1. The lowest BCUT2D eigenvalue weighted by molar-refractivity contribution is -0.127. The summed E-state index contributed by atoms with van der Waals surface area (Å²) in [5, 5.41) is 6.69. The van der Waals surface area contributed by atoms with Crippen molar-refractivity contribution in [2.75, 3.05) is 78.6 Å². The van der Waals surface area contributed by atoms with Gasteiger partial charge in [-0.05, 0) is 37.8 Å². The van der Waals surface area contributed by atoms with Crippen molar-refractivity contribution in [1.82, 2.24) is 20.4 Å². The zero-order chi connectivity index (χ0) is 18.3. The molecule has 0 radical (unpaired) electrons. The Morgan fingerprint density at radius 2 is 1.81 bits per heavy atom. The Hall–Kier alpha value is -0.260. The molecule has 2 N–H and O–H groups in total. The van der Waals surface area contributed by atoms with E-state index in [-0.39, 0.29) is 36.4 Å². The quantitative estimate of drug-likeness (QED) is 0.191. The standard InChI is InChI=1S/C17H35N5O2S.HI/c1-21(2)16(23)15-20-17(18-7-4-5-14-25-3)19-8-6-9-22-10-12-24-13-11-22;/h4-15H2,1-3H3,(H2,18,19,20);1H. The van der Waals surface area contributed by atoms with E-state index in [1.54, 1.807) is 19.0 Å². The molecule has 0 aromatic carbocycles. The molecule has 0 bridgehead atoms. The monoisotopic (exact) mass is 501 g/mol. The smallest absolute Gasteiger partial charge is 0.243 e. The number of amides is 1. The average Bonchev–Trinajstić information content (AvgIpc) is 2.62. The van der Waals surface area contributed by atoms with Crippen LogP contribution < -0.4 is 10.6 Å². The number of rotatable bonds is 11. The molecule has 0 saturated carbocycles. The maximum atomic E-state index is 11.7. The van der Waals surface area contributed by atoms with Gasteiger partial charge in [0.15, 0.2) is 5.96 Å². The van der Waals surface area contributed by atoms with Gasteiger partial charge in [-0.1, -0.05) is 0 Å². The predicted octanol–water partition coefficient (Wildman–Crippen LogP) is 1.09. The number of hydrogen-bond donors (Lipinski definition) is 2. The van der Waals surface area contributed by atoms with Crippen LogP contribution in [0.15, 0.2) is 4.99 Å². The van der Waals surface area contributed by atoms with Crippen LogP contribution >= 0.6 is 35.7 Å². The average molecular weight is 501 g/mol. The van der Waals surface area contributed by atoms with Gasteiger partial charge in [-0.2, -0.15) is 11.8 Å². The van der Waals surface area contributed by atoms with E-state index >= 15 is 0 Å². The minimum atomic E-state index is 0. The fourth-order valence-corrected chi connectivity index (χ4v) is 2.87. The second-order valence-electron chi connectivity index (χ2n) is 6.31. The highest BCUT2D eigenvalue weighted by Gasteiger charge is 2.09. The SMILES string of the molecule is CSCCCCNC(=NCC(=O)N(C)C)NCCCN1CCOCC1.I. The highest BCUT2D eigenvalue weighted by molar-refractivity contribution is 14.0. The molecule has 26 heavy (non-hydrogen) atoms. The van der Waals surface area contributed by atoms with Crippen LogP contribution in [0.25, 0.3) is 0 Å². The van der Waals surface area contributed by atoms with Crippen molar-refractivity contribution in [2.45, 2.75) is 19.3 Å². The first-order valence-corrected chi connectivity index (χ1v) is 10.5. The highest BCUT2D eigenvalue weighted by atomic mass is 127. The lowest BCUT2D eigenvalue weighted by Gasteiger charge is -2.26. The van der Waals surface area contributed by atoms with E-state index in [2.05, 4.69) is 26.8 Å². The maximum absolute atomic E-state index is 11.7. The zero-order valence-electron chi connectivity index (χ0n) is 16.5. The molecule has 0 aliphatic carbocycles. The van der Waals surface area contributed by atoms with Gasteiger partial charge in [0.05, 0.1) is 13.2 Å². The molecule has 1 aliphatic rings. The number of unbranched alkanes of at least 4 members (excludes halogenated alkanes) is 1. The van der Waals surface area contributed by atoms with Crippen molar-refractivity contribution in [2.24, 2.45) is 4.99 Å². The number of nitrogens with one attached hydrogen (secondary N) is 2. The minimum absolute atomic E-state index is 0. The van der Waals surface area contributed by atoms with E-state index in [0.29, 0.717) is 0 Å². The molecule has 154 valence electrons. The second-order valence-corrected chi connectivity index (χ2v) is 7.30. The van der Waals surface area contributed by atoms with Gasteiger partial charge >= 0.3 is 0 Å². The topological polar surface area (TPSA) is 69.2 Å². The molecule has 0 unspecified atom stereocenters. The van der Waals surface area contributed by atoms with Crippen molar-refractivity contribution in [3.63, 3.8) is 0 Å². The Kier molecular flexibility index (Phi) is 16.7. The summed E-state index contributed by atoms with van der Waals surface area (Å²) in [6, 6.07) is 0. The molecule has 0 aromatic heterocycles. The number of morpholine rings is 1. The van der Waals surface area contributed by atoms with Crippen molar-refractivity contribution in [1.29, 1.82) is 0 Å². The number of thioether (sulfide) groups is 1. The van der Waals surface area contributed by atoms with Gasteiger partial charge in [-0.25, -0.2) is 4.99 Å². The summed E-state index contributed by atoms with van der Waals surface area (Å²) in [6.07, 6.45) is 5.48. The molecule has 7 nitrogen and oxygen atoms in total. The molecular formula is C17H36IN5O2S. The fraction of sp³-hybridized carbons (Fsp3) is 0.882. The molecule has 1 fully saturated rings. The Morgan fingerprint density at radius 3 is 2.42 bits per heavy atom. The normalized spacial score (nSPS) is 15.3. The van der Waals surface area contributed by atoms with Crippen LogP contribution in [0.3, 0.4) is 0 Å². The summed E-state index contributed by atoms with van der Waals surface area (Å²) < 4.78 is 5.37. The van der Waals surface area contributed by atoms with Crippen LogP contribution in [-0.4, -0.2) is 100 Å². The predicted molar refractivity (Wildman–Crippen MR) is 122 cm³/mol. The van der Waals surface area contributed by atoms with Gasteiger partial charge < -0.3 is 20.3 Å². The van der Waals surface area contributed by atoms with Crippen LogP contribution in [0.5, 0.6) is 0 Å². The molecule has 0 atom stereocenters. The molecule has 1 heterocycles. The molecule has 1 aliphatic heterocycles. The summed E-state index contributed by atoms with van der Waals surface area (Å²) in [5.41, 5.74) is 0. The van der Waals surface area contributed by atoms with Crippen molar-refractivity contribution in [3.05, 3.63) is 0 Å². The third-order valence-electron chi connectivity index (χ3n) is 3.99. The Balaban J connectivity index is 0.00000625. The number of nitrogens with zero attached hydrogens (tertiary/aromatic N) is 3. The Morgan fingerprint density at radius 1 is 1.15 bits per heavy atom. The van der Waals surface area contributed by atoms with Crippen LogP contribution in [0, 0.1) is 0 Å². The summed E-state index contributed by atoms with van der Waals surface area (Å²) in [7, 11) is 3.51. The number of likely N-dealkylation sites (N-methyl/N-ethyl adjacent to an activating group) is 1. The molecular weight excluding hydrogens is 465 g/mol. The van der Waals surface area contributed by atoms with E-state index in [1.165, 1.54) is 12.2 Å². The number of aliphatic imine (C=N–C) groups is 1. The Labute approximate surface area is 180 Å². The van der Waals surface area contributed by atoms with Gasteiger partial charge in [0, 0.05) is 40.3 Å². The first kappa shape index (κ1) is 25.7. The van der Waals surface area contributed by atoms with Gasteiger partial charge in [-0.3, -0.25) is 9.69 Å². The summed E-state index contributed by atoms with van der Waals surface area (Å²) in [6.45, 7) is 6.69. The largest absolute Gasteiger partial charge is 0.379 e. The van der Waals surface area contributed by atoms with Crippen molar-refractivity contribution >= 4 is 47.6 Å². The van der Waals surface area contributed by atoms with Gasteiger partial charge in [0.2, 0.25) is 5.91 Å². The lowest BCUT2D eigenvalue weighted by Crippen LogP contribution is -2.41. The van der Waals surface area contributed by atoms with E-state index < -0.39 is 0 Å². The minimum Gasteiger partial charge on any atom is -0.379 e. The number of hydrogen-bond acceptors (Lipinski definition) is 5. The molecule has 1 rings (SSSR count). The first-order chi connectivity index (χ1) is 12.1. The third kappa shape index (κ3) is 13.0. The number of halogens is 1. The molecule has 9 heteroatoms. The second kappa shape index (κ2) is 16.9. The van der Waals surface area contributed by atoms with Gasteiger partial charge in [0.1, 0.15) is 6.54 Å². The number of carbonyl (C=O) groups is 1. The molecule has 1 amide bonds. The van der Waals surface area contributed by atoms with Crippen LogP contribution in [-0.2, 0) is 9.53 Å². The van der Waals surface area contributed by atoms with Gasteiger partial charge in [-0.15, -0.1) is 24.0 Å². The maximum Gasteiger partial charge on any atom is 0.243 e. The van der Waals surface area contributed by atoms with Gasteiger partial charge in [0.25, 0.3) is 0 Å². The van der Waals surface area contributed by atoms with Crippen LogP contribution in [0.1, 0.15) is 19.3 Å². The lowest BCUT2D eigenvalue weighted by atomic mass is 10.3. The number of ether oxygens (including phenoxy) is 1. The zero-order valence-corrected chi connectivity index (χ0v) is 19.6. The third-order valence-corrected chi connectivity index (χ3v) is 4.68. The summed E-state index contributed by atoms with van der Waals surface area (Å²) in [5.74, 6) is 1.93. The van der Waals surface area contributed by atoms with Crippen molar-refractivity contribution < 1.29 is 9.53 Å². The molecule has 0 aromatic rings. The van der Waals surface area contributed by atoms with Crippen LogP contribution in [0.4, 0.5) is 0 Å². The fourth-order valence-electron chi connectivity index (χ4n) is 2.37. The van der Waals surface area contributed by atoms with E-state index in [0.717, 1.165) is 64.7 Å². The Bertz CT molecular complexity index is 393. The number of carbonyl (C=O) groups excluding carboxylic acids is 1. The summed E-state index contributed by atoms with van der Waals surface area (Å²) in [4.78, 5) is 20.1. The van der Waals surface area contributed by atoms with E-state index in [9.17, 15) is 4.79 Å². The first-order valence-electron chi connectivity index (χ1n) is 9.15. The van der Waals surface area contributed by atoms with E-state index in [1.807, 2.05) is 11.8 Å². The van der Waals surface area contributed by atoms with Crippen molar-refractivity contribution in [3.8, 4) is 0 Å².